The quantitative estimate of drug-likeness (QED) is 0.543. The van der Waals surface area contributed by atoms with Crippen LogP contribution in [-0.2, 0) is 28.9 Å². The van der Waals surface area contributed by atoms with Crippen LogP contribution in [-0.4, -0.2) is 45.1 Å². The number of hydrogen-bond donors (Lipinski definition) is 0. The first-order chi connectivity index (χ1) is 8.78. The van der Waals surface area contributed by atoms with Crippen LogP contribution >= 0.6 is 0 Å². The van der Waals surface area contributed by atoms with Crippen molar-refractivity contribution in [1.29, 1.82) is 0 Å². The molecule has 7 heteroatoms. The molecule has 110 valence electrons. The standard InChI is InChI=1S/C12H20O6S/c1-4-17-10(13)12(3,11(14)18-5-2)9-6-7-19(15,16)8-9/h9H,4-8H2,1-3H3. The minimum atomic E-state index is -3.19. The summed E-state index contributed by atoms with van der Waals surface area (Å²) in [6.45, 7) is 4.94. The summed E-state index contributed by atoms with van der Waals surface area (Å²) in [7, 11) is -3.19. The SMILES string of the molecule is CCOC(=O)C(C)(C(=O)OCC)C1CCS(=O)(=O)C1. The topological polar surface area (TPSA) is 86.7 Å². The normalized spacial score (nSPS) is 21.9. The largest absolute Gasteiger partial charge is 0.465 e. The van der Waals surface area contributed by atoms with E-state index in [1.54, 1.807) is 13.8 Å². The van der Waals surface area contributed by atoms with Crippen molar-refractivity contribution in [3.63, 3.8) is 0 Å². The summed E-state index contributed by atoms with van der Waals surface area (Å²) in [6, 6.07) is 0. The minimum absolute atomic E-state index is 0.00787. The molecule has 0 aliphatic carbocycles. The van der Waals surface area contributed by atoms with Crippen LogP contribution in [0.1, 0.15) is 27.2 Å². The Balaban J connectivity index is 3.05. The molecule has 19 heavy (non-hydrogen) atoms. The molecule has 0 spiro atoms. The molecule has 1 rings (SSSR count). The fraction of sp³-hybridized carbons (Fsp3) is 0.833. The van der Waals surface area contributed by atoms with E-state index in [2.05, 4.69) is 0 Å². The molecule has 0 aromatic rings. The zero-order valence-corrected chi connectivity index (χ0v) is 12.3. The van der Waals surface area contributed by atoms with Crippen molar-refractivity contribution in [3.8, 4) is 0 Å². The highest BCUT2D eigenvalue weighted by atomic mass is 32.2. The molecule has 0 aromatic heterocycles. The number of esters is 2. The Hall–Kier alpha value is -1.11. The first kappa shape index (κ1) is 15.9. The predicted octanol–water partition coefficient (Wildman–Crippen LogP) is 0.554. The van der Waals surface area contributed by atoms with Gasteiger partial charge in [0, 0.05) is 5.92 Å². The highest BCUT2D eigenvalue weighted by Crippen LogP contribution is 2.38. The molecule has 0 N–H and O–H groups in total. The molecule has 0 amide bonds. The molecular weight excluding hydrogens is 272 g/mol. The van der Waals surface area contributed by atoms with Crippen LogP contribution in [0.5, 0.6) is 0 Å². The van der Waals surface area contributed by atoms with Crippen LogP contribution in [0.15, 0.2) is 0 Å². The minimum Gasteiger partial charge on any atom is -0.465 e. The predicted molar refractivity (Wildman–Crippen MR) is 68.1 cm³/mol. The van der Waals surface area contributed by atoms with Crippen LogP contribution in [0.25, 0.3) is 0 Å². The van der Waals surface area contributed by atoms with Gasteiger partial charge in [-0.1, -0.05) is 0 Å². The molecule has 1 aliphatic rings. The lowest BCUT2D eigenvalue weighted by Gasteiger charge is -2.29. The Morgan fingerprint density at radius 1 is 1.16 bits per heavy atom. The monoisotopic (exact) mass is 292 g/mol. The summed E-state index contributed by atoms with van der Waals surface area (Å²) < 4.78 is 32.9. The van der Waals surface area contributed by atoms with Gasteiger partial charge < -0.3 is 9.47 Å². The van der Waals surface area contributed by atoms with Crippen LogP contribution in [0.2, 0.25) is 0 Å². The van der Waals surface area contributed by atoms with Crippen molar-refractivity contribution in [3.05, 3.63) is 0 Å². The van der Waals surface area contributed by atoms with Crippen LogP contribution in [0.4, 0.5) is 0 Å². The van der Waals surface area contributed by atoms with Crippen LogP contribution in [0.3, 0.4) is 0 Å². The van der Waals surface area contributed by atoms with E-state index in [0.717, 1.165) is 0 Å². The Morgan fingerprint density at radius 3 is 1.95 bits per heavy atom. The summed E-state index contributed by atoms with van der Waals surface area (Å²) in [4.78, 5) is 24.1. The van der Waals surface area contributed by atoms with E-state index < -0.39 is 33.1 Å². The number of rotatable bonds is 5. The van der Waals surface area contributed by atoms with E-state index in [9.17, 15) is 18.0 Å². The summed E-state index contributed by atoms with van der Waals surface area (Å²) >= 11 is 0. The molecular formula is C12H20O6S. The highest BCUT2D eigenvalue weighted by Gasteiger charge is 2.54. The van der Waals surface area contributed by atoms with Gasteiger partial charge >= 0.3 is 11.9 Å². The summed E-state index contributed by atoms with van der Waals surface area (Å²) in [5, 5.41) is 0. The number of hydrogen-bond acceptors (Lipinski definition) is 6. The molecule has 0 saturated carbocycles. The molecule has 1 aliphatic heterocycles. The first-order valence-electron chi connectivity index (χ1n) is 6.32. The van der Waals surface area contributed by atoms with Crippen molar-refractivity contribution in [2.45, 2.75) is 27.2 Å². The van der Waals surface area contributed by atoms with Gasteiger partial charge in [-0.05, 0) is 27.2 Å². The van der Waals surface area contributed by atoms with Gasteiger partial charge in [-0.2, -0.15) is 0 Å². The number of sulfone groups is 1. The fourth-order valence-corrected chi connectivity index (χ4v) is 4.15. The van der Waals surface area contributed by atoms with Crippen LogP contribution in [0, 0.1) is 11.3 Å². The Morgan fingerprint density at radius 2 is 1.63 bits per heavy atom. The Kier molecular flexibility index (Phi) is 4.95. The molecule has 1 fully saturated rings. The van der Waals surface area contributed by atoms with Gasteiger partial charge in [0.15, 0.2) is 15.3 Å². The molecule has 0 radical (unpaired) electrons. The summed E-state index contributed by atoms with van der Waals surface area (Å²) in [5.74, 6) is -2.20. The average Bonchev–Trinajstić information content (AvgIpc) is 2.69. The zero-order valence-electron chi connectivity index (χ0n) is 11.5. The van der Waals surface area contributed by atoms with Gasteiger partial charge in [0.25, 0.3) is 0 Å². The number of carbonyl (C=O) groups is 2. The van der Waals surface area contributed by atoms with Gasteiger partial charge in [0.05, 0.1) is 24.7 Å². The van der Waals surface area contributed by atoms with E-state index in [0.29, 0.717) is 0 Å². The van der Waals surface area contributed by atoms with Gasteiger partial charge in [0.2, 0.25) is 0 Å². The van der Waals surface area contributed by atoms with Crippen molar-refractivity contribution >= 4 is 21.8 Å². The molecule has 1 unspecified atom stereocenters. The van der Waals surface area contributed by atoms with Crippen LogP contribution < -0.4 is 0 Å². The van der Waals surface area contributed by atoms with Crippen molar-refractivity contribution < 1.29 is 27.5 Å². The lowest BCUT2D eigenvalue weighted by Crippen LogP contribution is -2.46. The number of ether oxygens (including phenoxy) is 2. The summed E-state index contributed by atoms with van der Waals surface area (Å²) in [5.41, 5.74) is -1.55. The molecule has 0 bridgehead atoms. The maximum Gasteiger partial charge on any atom is 0.323 e. The second-order valence-electron chi connectivity index (χ2n) is 4.74. The van der Waals surface area contributed by atoms with Gasteiger partial charge in [0.1, 0.15) is 0 Å². The van der Waals surface area contributed by atoms with Gasteiger partial charge in [-0.15, -0.1) is 0 Å². The van der Waals surface area contributed by atoms with Crippen molar-refractivity contribution in [1.82, 2.24) is 0 Å². The molecule has 6 nitrogen and oxygen atoms in total. The lowest BCUT2D eigenvalue weighted by molar-refractivity contribution is -0.174. The third-order valence-corrected chi connectivity index (χ3v) is 5.22. The second-order valence-corrected chi connectivity index (χ2v) is 6.97. The van der Waals surface area contributed by atoms with Crippen molar-refractivity contribution in [2.75, 3.05) is 24.7 Å². The summed E-state index contributed by atoms with van der Waals surface area (Å²) in [6.07, 6.45) is 0.274. The smallest absolute Gasteiger partial charge is 0.323 e. The molecule has 0 aromatic carbocycles. The highest BCUT2D eigenvalue weighted by molar-refractivity contribution is 7.91. The van der Waals surface area contributed by atoms with Crippen molar-refractivity contribution in [2.24, 2.45) is 11.3 Å². The lowest BCUT2D eigenvalue weighted by atomic mass is 9.76. The Labute approximate surface area is 113 Å². The maximum absolute atomic E-state index is 12.1. The fourth-order valence-electron chi connectivity index (χ4n) is 2.23. The number of carbonyl (C=O) groups excluding carboxylic acids is 2. The molecule has 1 saturated heterocycles. The molecule has 1 atom stereocenters. The zero-order chi connectivity index (χ0) is 14.7. The van der Waals surface area contributed by atoms with Gasteiger partial charge in [-0.25, -0.2) is 8.42 Å². The second kappa shape index (κ2) is 5.90. The average molecular weight is 292 g/mol. The maximum atomic E-state index is 12.1. The van der Waals surface area contributed by atoms with E-state index in [1.165, 1.54) is 6.92 Å². The van der Waals surface area contributed by atoms with Gasteiger partial charge in [-0.3, -0.25) is 9.59 Å². The van der Waals surface area contributed by atoms with E-state index in [1.807, 2.05) is 0 Å². The Bertz CT molecular complexity index is 435. The van der Waals surface area contributed by atoms with E-state index >= 15 is 0 Å². The third-order valence-electron chi connectivity index (χ3n) is 3.45. The molecule has 1 heterocycles. The van der Waals surface area contributed by atoms with E-state index in [-0.39, 0.29) is 31.1 Å². The third kappa shape index (κ3) is 3.26. The first-order valence-corrected chi connectivity index (χ1v) is 8.15. The van der Waals surface area contributed by atoms with E-state index in [4.69, 9.17) is 9.47 Å².